The molecule has 1 aromatic rings. The van der Waals surface area contributed by atoms with Crippen molar-refractivity contribution >= 4 is 33.7 Å². The molecule has 1 N–H and O–H groups in total. The Morgan fingerprint density at radius 1 is 1.27 bits per heavy atom. The van der Waals surface area contributed by atoms with Gasteiger partial charge in [0.1, 0.15) is 6.04 Å². The fourth-order valence-electron chi connectivity index (χ4n) is 3.11. The van der Waals surface area contributed by atoms with Crippen LogP contribution in [-0.4, -0.2) is 67.9 Å². The summed E-state index contributed by atoms with van der Waals surface area (Å²) in [5.41, 5.74) is 0.436. The molecule has 2 heterocycles. The number of carbonyl (C=O) groups is 3. The van der Waals surface area contributed by atoms with Crippen LogP contribution in [0.1, 0.15) is 16.8 Å². The Morgan fingerprint density at radius 2 is 1.92 bits per heavy atom. The highest BCUT2D eigenvalue weighted by molar-refractivity contribution is 9.10. The van der Waals surface area contributed by atoms with Crippen molar-refractivity contribution in [2.24, 2.45) is 0 Å². The van der Waals surface area contributed by atoms with Crippen molar-refractivity contribution in [1.82, 2.24) is 10.2 Å². The van der Waals surface area contributed by atoms with Gasteiger partial charge in [-0.25, -0.2) is 4.79 Å². The smallest absolute Gasteiger partial charge is 0.328 e. The maximum atomic E-state index is 12.6. The first-order chi connectivity index (χ1) is 12.4. The normalized spacial score (nSPS) is 21.0. The number of carbonyl (C=O) groups excluding carboxylic acids is 3. The monoisotopic (exact) mass is 426 g/mol. The van der Waals surface area contributed by atoms with Crippen LogP contribution in [0.25, 0.3) is 0 Å². The number of hydrogen-bond acceptors (Lipinski definition) is 6. The molecule has 26 heavy (non-hydrogen) atoms. The van der Waals surface area contributed by atoms with E-state index in [1.54, 1.807) is 24.3 Å². The van der Waals surface area contributed by atoms with Crippen LogP contribution >= 0.6 is 15.9 Å². The van der Waals surface area contributed by atoms with Crippen LogP contribution in [0.4, 0.5) is 0 Å². The highest BCUT2D eigenvalue weighted by Crippen LogP contribution is 2.35. The number of likely N-dealkylation sites (tertiary alicyclic amines) is 1. The lowest BCUT2D eigenvalue weighted by atomic mass is 10.1. The Balaban J connectivity index is 1.64. The lowest BCUT2D eigenvalue weighted by Gasteiger charge is -2.23. The maximum absolute atomic E-state index is 12.6. The maximum Gasteiger partial charge on any atom is 0.328 e. The van der Waals surface area contributed by atoms with E-state index in [2.05, 4.69) is 21.2 Å². The molecule has 2 amide bonds. The Kier molecular flexibility index (Phi) is 5.59. The second-order valence-corrected chi connectivity index (χ2v) is 6.98. The molecule has 140 valence electrons. The second kappa shape index (κ2) is 7.73. The minimum absolute atomic E-state index is 0.125. The van der Waals surface area contributed by atoms with E-state index in [0.29, 0.717) is 18.8 Å². The van der Waals surface area contributed by atoms with Crippen molar-refractivity contribution in [2.75, 3.05) is 33.4 Å². The van der Waals surface area contributed by atoms with Gasteiger partial charge in [0, 0.05) is 16.5 Å². The minimum atomic E-state index is -0.968. The Bertz CT molecular complexity index is 702. The number of amides is 2. The molecule has 1 atom stereocenters. The third kappa shape index (κ3) is 3.89. The summed E-state index contributed by atoms with van der Waals surface area (Å²) in [4.78, 5) is 38.1. The SMILES string of the molecule is COC(=O)[C@@H]1CC2(CN1C(=O)CNC(=O)c1ccc(Br)cc1)OCCO2. The molecule has 2 fully saturated rings. The van der Waals surface area contributed by atoms with Crippen LogP contribution in [0.5, 0.6) is 0 Å². The third-order valence-electron chi connectivity index (χ3n) is 4.41. The van der Waals surface area contributed by atoms with Crippen LogP contribution in [-0.2, 0) is 23.8 Å². The highest BCUT2D eigenvalue weighted by atomic mass is 79.9. The van der Waals surface area contributed by atoms with E-state index in [1.165, 1.54) is 12.0 Å². The van der Waals surface area contributed by atoms with Gasteiger partial charge in [-0.2, -0.15) is 0 Å². The standard InChI is InChI=1S/C17H19BrN2O6/c1-24-16(23)13-8-17(25-6-7-26-17)10-20(13)14(21)9-19-15(22)11-2-4-12(18)5-3-11/h2-5,13H,6-10H2,1H3,(H,19,22)/t13-/m0/s1. The number of nitrogens with zero attached hydrogens (tertiary/aromatic N) is 1. The van der Waals surface area contributed by atoms with E-state index >= 15 is 0 Å². The summed E-state index contributed by atoms with van der Waals surface area (Å²) in [6, 6.07) is 5.97. The molecule has 0 radical (unpaired) electrons. The zero-order chi connectivity index (χ0) is 18.7. The lowest BCUT2D eigenvalue weighted by molar-refractivity contribution is -0.152. The molecule has 0 aromatic heterocycles. The Labute approximate surface area is 158 Å². The number of halogens is 1. The van der Waals surface area contributed by atoms with Gasteiger partial charge in [-0.1, -0.05) is 15.9 Å². The molecule has 0 unspecified atom stereocenters. The summed E-state index contributed by atoms with van der Waals surface area (Å²) in [6.07, 6.45) is 0.214. The predicted octanol–water partition coefficient (Wildman–Crippen LogP) is 0.696. The molecular weight excluding hydrogens is 408 g/mol. The number of esters is 1. The van der Waals surface area contributed by atoms with Crippen LogP contribution < -0.4 is 5.32 Å². The predicted molar refractivity (Wildman–Crippen MR) is 93.2 cm³/mol. The first kappa shape index (κ1) is 18.8. The Morgan fingerprint density at radius 3 is 2.54 bits per heavy atom. The first-order valence-corrected chi connectivity index (χ1v) is 8.92. The summed E-state index contributed by atoms with van der Waals surface area (Å²) in [6.45, 7) is 0.713. The van der Waals surface area contributed by atoms with Crippen LogP contribution in [0, 0.1) is 0 Å². The van der Waals surface area contributed by atoms with E-state index < -0.39 is 23.7 Å². The van der Waals surface area contributed by atoms with Crippen molar-refractivity contribution < 1.29 is 28.6 Å². The molecule has 9 heteroatoms. The molecule has 0 bridgehead atoms. The fourth-order valence-corrected chi connectivity index (χ4v) is 3.38. The number of benzene rings is 1. The molecule has 0 saturated carbocycles. The average molecular weight is 427 g/mol. The summed E-state index contributed by atoms with van der Waals surface area (Å²) in [5.74, 6) is -2.28. The van der Waals surface area contributed by atoms with Crippen molar-refractivity contribution in [3.05, 3.63) is 34.3 Å². The van der Waals surface area contributed by atoms with Crippen LogP contribution in [0.15, 0.2) is 28.7 Å². The quantitative estimate of drug-likeness (QED) is 0.712. The van der Waals surface area contributed by atoms with Gasteiger partial charge < -0.3 is 24.4 Å². The zero-order valence-corrected chi connectivity index (χ0v) is 15.8. The van der Waals surface area contributed by atoms with Gasteiger partial charge in [-0.15, -0.1) is 0 Å². The van der Waals surface area contributed by atoms with Gasteiger partial charge in [0.2, 0.25) is 5.91 Å². The molecule has 0 aliphatic carbocycles. The number of methoxy groups -OCH3 is 1. The van der Waals surface area contributed by atoms with Crippen LogP contribution in [0.3, 0.4) is 0 Å². The zero-order valence-electron chi connectivity index (χ0n) is 14.2. The average Bonchev–Trinajstić information content (AvgIpc) is 3.26. The van der Waals surface area contributed by atoms with E-state index in [1.807, 2.05) is 0 Å². The van der Waals surface area contributed by atoms with Crippen molar-refractivity contribution in [1.29, 1.82) is 0 Å². The first-order valence-electron chi connectivity index (χ1n) is 8.13. The van der Waals surface area contributed by atoms with Crippen LogP contribution in [0.2, 0.25) is 0 Å². The number of hydrogen-bond donors (Lipinski definition) is 1. The van der Waals surface area contributed by atoms with Gasteiger partial charge in [0.25, 0.3) is 5.91 Å². The summed E-state index contributed by atoms with van der Waals surface area (Å²) < 4.78 is 16.8. The molecule has 2 saturated heterocycles. The topological polar surface area (TPSA) is 94.2 Å². The summed E-state index contributed by atoms with van der Waals surface area (Å²) in [5, 5.41) is 2.57. The fraction of sp³-hybridized carbons (Fsp3) is 0.471. The van der Waals surface area contributed by atoms with Crippen molar-refractivity contribution in [2.45, 2.75) is 18.2 Å². The third-order valence-corrected chi connectivity index (χ3v) is 4.93. The molecule has 8 nitrogen and oxygen atoms in total. The van der Waals surface area contributed by atoms with Gasteiger partial charge in [0.05, 0.1) is 33.4 Å². The van der Waals surface area contributed by atoms with Gasteiger partial charge in [-0.3, -0.25) is 9.59 Å². The molecular formula is C17H19BrN2O6. The molecule has 1 aromatic carbocycles. The van der Waals surface area contributed by atoms with Crippen molar-refractivity contribution in [3.8, 4) is 0 Å². The largest absolute Gasteiger partial charge is 0.467 e. The molecule has 2 aliphatic heterocycles. The number of ether oxygens (including phenoxy) is 3. The molecule has 2 aliphatic rings. The van der Waals surface area contributed by atoms with Crippen molar-refractivity contribution in [3.63, 3.8) is 0 Å². The lowest BCUT2D eigenvalue weighted by Crippen LogP contribution is -2.46. The highest BCUT2D eigenvalue weighted by Gasteiger charge is 2.52. The van der Waals surface area contributed by atoms with E-state index in [9.17, 15) is 14.4 Å². The summed E-state index contributed by atoms with van der Waals surface area (Å²) >= 11 is 3.30. The number of rotatable bonds is 4. The Hall–Kier alpha value is -1.97. The minimum Gasteiger partial charge on any atom is -0.467 e. The molecule has 3 rings (SSSR count). The van der Waals surface area contributed by atoms with Gasteiger partial charge in [-0.05, 0) is 24.3 Å². The van der Waals surface area contributed by atoms with Gasteiger partial charge >= 0.3 is 5.97 Å². The summed E-state index contributed by atoms with van der Waals surface area (Å²) in [7, 11) is 1.27. The number of nitrogens with one attached hydrogen (secondary N) is 1. The second-order valence-electron chi connectivity index (χ2n) is 6.06. The molecule has 1 spiro atoms. The van der Waals surface area contributed by atoms with Gasteiger partial charge in [0.15, 0.2) is 5.79 Å². The van der Waals surface area contributed by atoms with E-state index in [0.717, 1.165) is 4.47 Å². The van der Waals surface area contributed by atoms with E-state index in [-0.39, 0.29) is 25.4 Å². The van der Waals surface area contributed by atoms with E-state index in [4.69, 9.17) is 14.2 Å².